The van der Waals surface area contributed by atoms with Crippen LogP contribution in [0.3, 0.4) is 0 Å². The minimum Gasteiger partial charge on any atom is -0.465 e. The molecule has 1 aliphatic heterocycles. The molecule has 0 atom stereocenters. The Morgan fingerprint density at radius 1 is 1.12 bits per heavy atom. The summed E-state index contributed by atoms with van der Waals surface area (Å²) in [5, 5.41) is 0. The lowest BCUT2D eigenvalue weighted by molar-refractivity contribution is -0.139. The quantitative estimate of drug-likeness (QED) is 0.531. The third kappa shape index (κ3) is 3.35. The molecule has 2 rings (SSSR count). The van der Waals surface area contributed by atoms with Gasteiger partial charge < -0.3 is 14.4 Å². The van der Waals surface area contributed by atoms with Crippen LogP contribution < -0.4 is 4.90 Å². The van der Waals surface area contributed by atoms with E-state index in [1.165, 1.54) is 37.3 Å². The number of ether oxygens (including phenoxy) is 2. The van der Waals surface area contributed by atoms with Crippen LogP contribution in [0.5, 0.6) is 0 Å². The van der Waals surface area contributed by atoms with Crippen molar-refractivity contribution in [2.75, 3.05) is 19.1 Å². The molecule has 24 heavy (non-hydrogen) atoms. The average molecular weight is 443 g/mol. The second kappa shape index (κ2) is 7.61. The molecule has 0 amide bonds. The summed E-state index contributed by atoms with van der Waals surface area (Å²) in [6.45, 7) is 1.64. The van der Waals surface area contributed by atoms with Crippen LogP contribution in [0.25, 0.3) is 0 Å². The van der Waals surface area contributed by atoms with Crippen molar-refractivity contribution in [1.82, 2.24) is 0 Å². The van der Waals surface area contributed by atoms with Gasteiger partial charge in [-0.1, -0.05) is 6.08 Å². The largest absolute Gasteiger partial charge is 0.465 e. The predicted molar refractivity (Wildman–Crippen MR) is 95.7 cm³/mol. The molecule has 0 saturated carbocycles. The number of hydrogen-bond acceptors (Lipinski definition) is 5. The fraction of sp³-hybridized carbons (Fsp3) is 0.176. The number of carbonyl (C=O) groups excluding carboxylic acids is 2. The van der Waals surface area contributed by atoms with Crippen LogP contribution in [0.2, 0.25) is 0 Å². The Bertz CT molecular complexity index is 783. The summed E-state index contributed by atoms with van der Waals surface area (Å²) in [4.78, 5) is 25.9. The molecule has 7 heteroatoms. The number of nitrogens with zero attached hydrogens (tertiary/aromatic N) is 1. The van der Waals surface area contributed by atoms with Crippen LogP contribution in [-0.4, -0.2) is 26.2 Å². The molecule has 1 aromatic carbocycles. The summed E-state index contributed by atoms with van der Waals surface area (Å²) in [5.74, 6) is -1.73. The van der Waals surface area contributed by atoms with Crippen molar-refractivity contribution in [3.8, 4) is 0 Å². The number of hydrogen-bond donors (Lipinski definition) is 0. The molecule has 0 aliphatic carbocycles. The molecule has 5 nitrogen and oxygen atoms in total. The summed E-state index contributed by atoms with van der Waals surface area (Å²) in [6.07, 6.45) is 6.34. The minimum absolute atomic E-state index is 0.00160. The van der Waals surface area contributed by atoms with E-state index in [1.54, 1.807) is 25.3 Å². The van der Waals surface area contributed by atoms with Gasteiger partial charge in [-0.2, -0.15) is 0 Å². The Morgan fingerprint density at radius 2 is 1.79 bits per heavy atom. The third-order valence-electron chi connectivity index (χ3n) is 3.45. The average Bonchev–Trinajstić information content (AvgIpc) is 2.81. The van der Waals surface area contributed by atoms with Gasteiger partial charge in [-0.25, -0.2) is 14.0 Å². The molecule has 0 spiro atoms. The summed E-state index contributed by atoms with van der Waals surface area (Å²) in [7, 11) is 2.45. The Labute approximate surface area is 152 Å². The molecule has 0 bridgehead atoms. The highest BCUT2D eigenvalue weighted by Crippen LogP contribution is 2.32. The first-order valence-corrected chi connectivity index (χ1v) is 7.99. The molecule has 0 radical (unpaired) electrons. The van der Waals surface area contributed by atoms with Gasteiger partial charge in [-0.05, 0) is 53.8 Å². The number of carbonyl (C=O) groups is 2. The van der Waals surface area contributed by atoms with Gasteiger partial charge in [0, 0.05) is 15.3 Å². The highest BCUT2D eigenvalue weighted by molar-refractivity contribution is 14.1. The lowest BCUT2D eigenvalue weighted by atomic mass is 10.1. The lowest BCUT2D eigenvalue weighted by Gasteiger charge is -2.24. The molecule has 0 aromatic heterocycles. The van der Waals surface area contributed by atoms with Gasteiger partial charge >= 0.3 is 11.9 Å². The fourth-order valence-corrected chi connectivity index (χ4v) is 2.88. The highest BCUT2D eigenvalue weighted by Gasteiger charge is 2.28. The summed E-state index contributed by atoms with van der Waals surface area (Å²) < 4.78 is 24.0. The number of anilines is 1. The maximum Gasteiger partial charge on any atom is 0.355 e. The number of allylic oxidation sites excluding steroid dienone is 2. The van der Waals surface area contributed by atoms with Crippen molar-refractivity contribution in [3.05, 3.63) is 62.8 Å². The Hall–Kier alpha value is -2.16. The van der Waals surface area contributed by atoms with Gasteiger partial charge in [0.2, 0.25) is 0 Å². The molecule has 0 N–H and O–H groups in total. The van der Waals surface area contributed by atoms with Crippen LogP contribution in [0.4, 0.5) is 10.1 Å². The lowest BCUT2D eigenvalue weighted by Crippen LogP contribution is -2.27. The molecule has 1 heterocycles. The highest BCUT2D eigenvalue weighted by atomic mass is 127. The molecule has 1 aromatic rings. The number of halogens is 2. The molecular formula is C17H15FINO4. The van der Waals surface area contributed by atoms with Gasteiger partial charge in [0.1, 0.15) is 11.5 Å². The Balaban J connectivity index is 2.73. The SMILES string of the molecule is COC(=O)C1=C(C(=O)OC)N(c2ccc(F)c(C)c2I)C=CC=C1. The summed E-state index contributed by atoms with van der Waals surface area (Å²) in [5.41, 5.74) is 1.05. The van der Waals surface area contributed by atoms with E-state index < -0.39 is 11.9 Å². The van der Waals surface area contributed by atoms with Gasteiger partial charge in [0.05, 0.1) is 25.5 Å². The van der Waals surface area contributed by atoms with Crippen molar-refractivity contribution < 1.29 is 23.5 Å². The van der Waals surface area contributed by atoms with E-state index in [0.717, 1.165) is 0 Å². The van der Waals surface area contributed by atoms with E-state index in [-0.39, 0.29) is 17.1 Å². The number of esters is 2. The van der Waals surface area contributed by atoms with E-state index in [2.05, 4.69) is 0 Å². The summed E-state index contributed by atoms with van der Waals surface area (Å²) >= 11 is 2.00. The zero-order valence-corrected chi connectivity index (χ0v) is 15.5. The second-order valence-corrected chi connectivity index (χ2v) is 5.90. The third-order valence-corrected chi connectivity index (χ3v) is 4.81. The van der Waals surface area contributed by atoms with Gasteiger partial charge in [-0.3, -0.25) is 0 Å². The van der Waals surface area contributed by atoms with E-state index in [1.807, 2.05) is 22.6 Å². The minimum atomic E-state index is -0.704. The van der Waals surface area contributed by atoms with E-state index >= 15 is 0 Å². The van der Waals surface area contributed by atoms with Crippen LogP contribution in [0.1, 0.15) is 5.56 Å². The molecule has 1 aliphatic rings. The molecule has 0 unspecified atom stereocenters. The van der Waals surface area contributed by atoms with Gasteiger partial charge in [0.25, 0.3) is 0 Å². The molecule has 126 valence electrons. The van der Waals surface area contributed by atoms with Gasteiger partial charge in [-0.15, -0.1) is 0 Å². The second-order valence-electron chi connectivity index (χ2n) is 4.82. The van der Waals surface area contributed by atoms with Crippen LogP contribution in [-0.2, 0) is 19.1 Å². The van der Waals surface area contributed by atoms with Crippen molar-refractivity contribution in [2.24, 2.45) is 0 Å². The van der Waals surface area contributed by atoms with E-state index in [4.69, 9.17) is 9.47 Å². The number of benzene rings is 1. The van der Waals surface area contributed by atoms with E-state index in [9.17, 15) is 14.0 Å². The van der Waals surface area contributed by atoms with Crippen molar-refractivity contribution in [3.63, 3.8) is 0 Å². The van der Waals surface area contributed by atoms with E-state index in [0.29, 0.717) is 14.8 Å². The first-order valence-electron chi connectivity index (χ1n) is 6.92. The normalized spacial score (nSPS) is 13.8. The fourth-order valence-electron chi connectivity index (χ4n) is 2.18. The topological polar surface area (TPSA) is 55.8 Å². The maximum atomic E-state index is 13.8. The van der Waals surface area contributed by atoms with Crippen LogP contribution in [0, 0.1) is 16.3 Å². The van der Waals surface area contributed by atoms with Crippen LogP contribution in [0.15, 0.2) is 47.8 Å². The van der Waals surface area contributed by atoms with Crippen molar-refractivity contribution in [1.29, 1.82) is 0 Å². The number of rotatable bonds is 3. The van der Waals surface area contributed by atoms with Crippen LogP contribution >= 0.6 is 22.6 Å². The summed E-state index contributed by atoms with van der Waals surface area (Å²) in [6, 6.07) is 2.85. The maximum absolute atomic E-state index is 13.8. The number of methoxy groups -OCH3 is 2. The predicted octanol–water partition coefficient (Wildman–Crippen LogP) is 3.23. The monoisotopic (exact) mass is 443 g/mol. The Kier molecular flexibility index (Phi) is 5.76. The Morgan fingerprint density at radius 3 is 2.42 bits per heavy atom. The molecular weight excluding hydrogens is 428 g/mol. The smallest absolute Gasteiger partial charge is 0.355 e. The first kappa shape index (κ1) is 18.2. The van der Waals surface area contributed by atoms with Gasteiger partial charge in [0.15, 0.2) is 0 Å². The standard InChI is InChI=1S/C17H15FINO4/c1-10-12(18)7-8-13(14(10)19)20-9-5-4-6-11(16(21)23-2)15(20)17(22)24-3/h4-9H,1-3H3. The van der Waals surface area contributed by atoms with Crippen molar-refractivity contribution >= 4 is 40.2 Å². The molecule has 0 fully saturated rings. The zero-order valence-electron chi connectivity index (χ0n) is 13.3. The zero-order chi connectivity index (χ0) is 17.9. The first-order chi connectivity index (χ1) is 11.4. The van der Waals surface area contributed by atoms with Crippen molar-refractivity contribution in [2.45, 2.75) is 6.92 Å². The molecule has 0 saturated heterocycles.